The first-order valence-electron chi connectivity index (χ1n) is 3.55. The Hall–Kier alpha value is -0.850. The average molecular weight is 150 g/mol. The predicted molar refractivity (Wildman–Crippen MR) is 43.7 cm³/mol. The Labute approximate surface area is 67.1 Å². The van der Waals surface area contributed by atoms with E-state index in [0.29, 0.717) is 0 Å². The van der Waals surface area contributed by atoms with Crippen molar-refractivity contribution in [3.05, 3.63) is 42.6 Å². The molecule has 2 radical (unpaired) electrons. The van der Waals surface area contributed by atoms with Gasteiger partial charge in [0.05, 0.1) is 0 Å². The molecule has 0 aromatic heterocycles. The van der Waals surface area contributed by atoms with Gasteiger partial charge in [-0.05, 0) is 30.0 Å². The minimum atomic E-state index is -0.381. The van der Waals surface area contributed by atoms with Crippen molar-refractivity contribution in [1.29, 1.82) is 0 Å². The molecule has 1 rings (SSSR count). The molecule has 0 amide bonds. The largest absolute Gasteiger partial charge is 0.207 e. The molecule has 0 spiro atoms. The van der Waals surface area contributed by atoms with Crippen LogP contribution in [0.4, 0.5) is 4.39 Å². The monoisotopic (exact) mass is 150 g/mol. The number of benzene rings is 1. The maximum atomic E-state index is 12.4. The molecule has 11 heavy (non-hydrogen) atoms. The van der Waals surface area contributed by atoms with Crippen LogP contribution in [0.2, 0.25) is 0 Å². The maximum Gasteiger partial charge on any atom is 0.123 e. The molecule has 0 atom stereocenters. The van der Waals surface area contributed by atoms with Gasteiger partial charge in [0.2, 0.25) is 0 Å². The van der Waals surface area contributed by atoms with Gasteiger partial charge in [0, 0.05) is 0 Å². The molecular formula is C10H11F. The molecule has 0 aliphatic heterocycles. The first-order valence-corrected chi connectivity index (χ1v) is 3.55. The van der Waals surface area contributed by atoms with Crippen LogP contribution < -0.4 is 0 Å². The number of halogens is 1. The summed E-state index contributed by atoms with van der Waals surface area (Å²) in [6.07, 6.45) is 0. The standard InChI is InChI=1S/C10H11F/c1-10(2,3)8-4-6-9(11)7-5-8/h1,4-7H,2-3H3. The summed E-state index contributed by atoms with van der Waals surface area (Å²) in [5.74, 6) is -0.224. The van der Waals surface area contributed by atoms with Crippen LogP contribution in [-0.2, 0) is 5.41 Å². The molecule has 58 valence electrons. The van der Waals surface area contributed by atoms with Crippen molar-refractivity contribution in [1.82, 2.24) is 0 Å². The molecule has 1 aromatic rings. The zero-order chi connectivity index (χ0) is 8.48. The smallest absolute Gasteiger partial charge is 0.123 e. The quantitative estimate of drug-likeness (QED) is 0.577. The molecule has 0 saturated carbocycles. The molecule has 0 bridgehead atoms. The average Bonchev–Trinajstić information content (AvgIpc) is 1.86. The van der Waals surface area contributed by atoms with Gasteiger partial charge in [0.15, 0.2) is 0 Å². The van der Waals surface area contributed by atoms with Crippen molar-refractivity contribution >= 4 is 0 Å². The lowest BCUT2D eigenvalue weighted by Gasteiger charge is -2.17. The van der Waals surface area contributed by atoms with Gasteiger partial charge < -0.3 is 0 Å². The van der Waals surface area contributed by atoms with Crippen molar-refractivity contribution in [3.63, 3.8) is 0 Å². The second-order valence-corrected chi connectivity index (χ2v) is 3.23. The van der Waals surface area contributed by atoms with E-state index < -0.39 is 0 Å². The topological polar surface area (TPSA) is 0 Å². The summed E-state index contributed by atoms with van der Waals surface area (Å²) < 4.78 is 12.4. The summed E-state index contributed by atoms with van der Waals surface area (Å²) in [6.45, 7) is 9.56. The normalized spacial score (nSPS) is 11.6. The molecule has 0 unspecified atom stereocenters. The third-order valence-electron chi connectivity index (χ3n) is 1.59. The van der Waals surface area contributed by atoms with E-state index in [1.165, 1.54) is 12.1 Å². The predicted octanol–water partition coefficient (Wildman–Crippen LogP) is 2.81. The van der Waals surface area contributed by atoms with Gasteiger partial charge in [-0.1, -0.05) is 26.0 Å². The summed E-state index contributed by atoms with van der Waals surface area (Å²) in [6, 6.07) is 6.25. The van der Waals surface area contributed by atoms with Gasteiger partial charge in [0.1, 0.15) is 5.82 Å². The van der Waals surface area contributed by atoms with Crippen LogP contribution in [0.3, 0.4) is 0 Å². The van der Waals surface area contributed by atoms with Gasteiger partial charge in [0.25, 0.3) is 0 Å². The molecule has 1 aromatic carbocycles. The molecule has 0 fully saturated rings. The van der Waals surface area contributed by atoms with E-state index in [0.717, 1.165) is 5.56 Å². The zero-order valence-electron chi connectivity index (χ0n) is 6.76. The van der Waals surface area contributed by atoms with Gasteiger partial charge in [-0.15, -0.1) is 0 Å². The second-order valence-electron chi connectivity index (χ2n) is 3.23. The van der Waals surface area contributed by atoms with Crippen LogP contribution in [0.15, 0.2) is 24.3 Å². The summed E-state index contributed by atoms with van der Waals surface area (Å²) in [5.41, 5.74) is 0.562. The van der Waals surface area contributed by atoms with Crippen molar-refractivity contribution in [2.45, 2.75) is 19.3 Å². The van der Waals surface area contributed by atoms with Crippen molar-refractivity contribution in [3.8, 4) is 0 Å². The zero-order valence-corrected chi connectivity index (χ0v) is 6.76. The van der Waals surface area contributed by atoms with Gasteiger partial charge >= 0.3 is 0 Å². The third kappa shape index (κ3) is 2.04. The van der Waals surface area contributed by atoms with E-state index in [9.17, 15) is 4.39 Å². The van der Waals surface area contributed by atoms with Crippen LogP contribution in [0, 0.1) is 12.7 Å². The fraction of sp³-hybridized carbons (Fsp3) is 0.300. The van der Waals surface area contributed by atoms with Crippen LogP contribution in [0.1, 0.15) is 19.4 Å². The van der Waals surface area contributed by atoms with E-state index in [1.807, 2.05) is 13.8 Å². The Morgan fingerprint density at radius 3 is 2.00 bits per heavy atom. The van der Waals surface area contributed by atoms with Crippen LogP contribution in [0.5, 0.6) is 0 Å². The number of rotatable bonds is 1. The molecule has 0 aliphatic rings. The highest BCUT2D eigenvalue weighted by Gasteiger charge is 2.12. The summed E-state index contributed by atoms with van der Waals surface area (Å²) >= 11 is 0. The van der Waals surface area contributed by atoms with Gasteiger partial charge in [-0.2, -0.15) is 0 Å². The molecule has 1 heteroatoms. The lowest BCUT2D eigenvalue weighted by Crippen LogP contribution is -2.10. The van der Waals surface area contributed by atoms with E-state index in [-0.39, 0.29) is 11.2 Å². The SMILES string of the molecule is [CH]C(C)(C)c1ccc(F)cc1. The number of hydrogen-bond donors (Lipinski definition) is 0. The minimum absolute atomic E-state index is 0.224. The van der Waals surface area contributed by atoms with E-state index in [1.54, 1.807) is 12.1 Å². The summed E-state index contributed by atoms with van der Waals surface area (Å²) in [7, 11) is 0. The Bertz CT molecular complexity index is 228. The maximum absolute atomic E-state index is 12.4. The lowest BCUT2D eigenvalue weighted by atomic mass is 9.87. The fourth-order valence-corrected chi connectivity index (χ4v) is 0.879. The molecule has 0 aliphatic carbocycles. The Balaban J connectivity index is 2.99. The summed E-state index contributed by atoms with van der Waals surface area (Å²) in [4.78, 5) is 0. The lowest BCUT2D eigenvalue weighted by molar-refractivity contribution is 0.619. The first-order chi connectivity index (χ1) is 5.00. The Kier molecular flexibility index (Phi) is 1.99. The van der Waals surface area contributed by atoms with Crippen molar-refractivity contribution in [2.75, 3.05) is 0 Å². The third-order valence-corrected chi connectivity index (χ3v) is 1.59. The second kappa shape index (κ2) is 2.65. The van der Waals surface area contributed by atoms with E-state index >= 15 is 0 Å². The number of hydrogen-bond acceptors (Lipinski definition) is 0. The highest BCUT2D eigenvalue weighted by atomic mass is 19.1. The van der Waals surface area contributed by atoms with Crippen molar-refractivity contribution < 1.29 is 4.39 Å². The van der Waals surface area contributed by atoms with Crippen LogP contribution >= 0.6 is 0 Å². The highest BCUT2D eigenvalue weighted by molar-refractivity contribution is 5.24. The first kappa shape index (κ1) is 8.25. The van der Waals surface area contributed by atoms with E-state index in [2.05, 4.69) is 0 Å². The minimum Gasteiger partial charge on any atom is -0.207 e. The van der Waals surface area contributed by atoms with Gasteiger partial charge in [-0.3, -0.25) is 0 Å². The Morgan fingerprint density at radius 1 is 1.18 bits per heavy atom. The summed E-state index contributed by atoms with van der Waals surface area (Å²) in [5, 5.41) is 0. The molecule has 0 heterocycles. The van der Waals surface area contributed by atoms with Gasteiger partial charge in [-0.25, -0.2) is 4.39 Å². The van der Waals surface area contributed by atoms with E-state index in [4.69, 9.17) is 6.92 Å². The molecule has 0 N–H and O–H groups in total. The molecule has 0 nitrogen and oxygen atoms in total. The van der Waals surface area contributed by atoms with Crippen LogP contribution in [-0.4, -0.2) is 0 Å². The highest BCUT2D eigenvalue weighted by Crippen LogP contribution is 2.21. The molecule has 0 saturated heterocycles. The van der Waals surface area contributed by atoms with Crippen molar-refractivity contribution in [2.24, 2.45) is 0 Å². The Morgan fingerprint density at radius 2 is 1.64 bits per heavy atom. The fourth-order valence-electron chi connectivity index (χ4n) is 0.879. The molecular weight excluding hydrogens is 139 g/mol. The van der Waals surface area contributed by atoms with Crippen LogP contribution in [0.25, 0.3) is 0 Å².